The topological polar surface area (TPSA) is 333 Å². The van der Waals surface area contributed by atoms with Gasteiger partial charge in [0.1, 0.15) is 40.7 Å². The van der Waals surface area contributed by atoms with Crippen LogP contribution >= 0.6 is 0 Å². The fourth-order valence-electron chi connectivity index (χ4n) is 12.1. The molecule has 2 fully saturated rings. The Labute approximate surface area is 603 Å². The summed E-state index contributed by atoms with van der Waals surface area (Å²) in [4.78, 5) is 94.9. The second kappa shape index (κ2) is 40.0. The largest absolute Gasteiger partial charge is 0.494 e. The molecule has 28 heteroatoms. The van der Waals surface area contributed by atoms with Gasteiger partial charge in [0, 0.05) is 68.1 Å². The summed E-state index contributed by atoms with van der Waals surface area (Å²) in [6, 6.07) is 24.7. The van der Waals surface area contributed by atoms with Gasteiger partial charge in [0.05, 0.1) is 65.0 Å². The summed E-state index contributed by atoms with van der Waals surface area (Å²) < 4.78 is 51.4. The van der Waals surface area contributed by atoms with E-state index in [1.165, 1.54) is 14.2 Å². The van der Waals surface area contributed by atoms with Crippen LogP contribution in [0.1, 0.15) is 169 Å². The molecule has 103 heavy (non-hydrogen) atoms. The molecule has 0 saturated carbocycles. The van der Waals surface area contributed by atoms with Crippen LogP contribution in [0.5, 0.6) is 35.0 Å². The van der Waals surface area contributed by atoms with Gasteiger partial charge in [-0.3, -0.25) is 9.59 Å². The quantitative estimate of drug-likeness (QED) is 0.0442. The van der Waals surface area contributed by atoms with E-state index in [1.54, 1.807) is 62.1 Å². The van der Waals surface area contributed by atoms with Crippen LogP contribution < -0.4 is 65.6 Å². The summed E-state index contributed by atoms with van der Waals surface area (Å²) in [7, 11) is 2.62. The number of ether oxygens (including phenoxy) is 9. The second-order valence-electron chi connectivity index (χ2n) is 26.6. The number of nitrogens with one attached hydrogen (secondary N) is 7. The third-order valence-corrected chi connectivity index (χ3v) is 17.5. The second-order valence-corrected chi connectivity index (χ2v) is 26.6. The lowest BCUT2D eigenvalue weighted by atomic mass is 9.90. The molecule has 12 rings (SSSR count). The highest BCUT2D eigenvalue weighted by atomic mass is 16.6. The molecule has 4 unspecified atom stereocenters. The van der Waals surface area contributed by atoms with Gasteiger partial charge in [-0.25, -0.2) is 14.4 Å². The standard InChI is InChI=1S/C40H55N7O8.C35H47N7O6/c1-6-52-38-45-36-41-25-27-15-18-30(19-16-27)53-22-11-9-7-8-10-12-23-54-32-24-29(42-37(44-36)46-38)17-20-31(32)34(48)43-33(35(49)51-5)28-14-13-21-47(26-28)39(50)55-40(2,3)4;1-3-46-35-41-33-37-22-24-12-15-27(16-13-24)47-19-8-6-4-5-7-9-20-48-29-21-26(38-34(40-33)42-35)14-17-28(29)31(43)39-30(32(44)45-2)25-11-10-18-36-23-25/h15-20,24,28,33H,6-14,21-23,25-26H2,1-5H3,(H,43,48)(H2,41,42,44,45,46);12-17,21,25,30,36H,3-11,18-20,22-23H2,1-2H3,(H,39,43)(H2,37,38,40,41,42). The van der Waals surface area contributed by atoms with Gasteiger partial charge < -0.3 is 84.7 Å². The molecule has 4 atom stereocenters. The molecule has 6 aliphatic rings. The van der Waals surface area contributed by atoms with Gasteiger partial charge in [0.15, 0.2) is 0 Å². The van der Waals surface area contributed by atoms with Crippen molar-refractivity contribution in [2.24, 2.45) is 11.8 Å². The number of rotatable bonds is 12. The molecule has 6 aromatic rings. The highest BCUT2D eigenvalue weighted by molar-refractivity contribution is 6.00. The SMILES string of the molecule is CCOc1nc2nc(n1)Nc1ccc(C(=O)NC(C(=O)OC)C3CCCN(C(=O)OC(C)(C)C)C3)c(c1)OCCCCCCCCOc1ccc(cc1)CN2.CCOc1nc2nc(n1)Nc1ccc(C(=O)NC(C(=O)OC)C3CCCNC3)c(c1)OCCCCCCCCOc1ccc(cc1)CN2. The van der Waals surface area contributed by atoms with Gasteiger partial charge in [-0.1, -0.05) is 75.6 Å². The molecule has 0 spiro atoms. The molecule has 0 aliphatic carbocycles. The third kappa shape index (κ3) is 24.9. The molecule has 12 bridgehead atoms. The van der Waals surface area contributed by atoms with Crippen molar-refractivity contribution < 1.29 is 66.6 Å². The molecular formula is C75H102N14O14. The van der Waals surface area contributed by atoms with Crippen molar-refractivity contribution in [3.05, 3.63) is 107 Å². The first-order valence-corrected chi connectivity index (χ1v) is 36.3. The number of fused-ring (bicyclic) bond motifs is 24. The molecule has 4 aromatic carbocycles. The normalized spacial score (nSPS) is 17.8. The van der Waals surface area contributed by atoms with Gasteiger partial charge >= 0.3 is 30.1 Å². The fraction of sp³-hybridized carbons (Fsp3) is 0.533. The van der Waals surface area contributed by atoms with Crippen LogP contribution in [0.15, 0.2) is 84.9 Å². The van der Waals surface area contributed by atoms with Crippen LogP contribution in [0.25, 0.3) is 0 Å². The van der Waals surface area contributed by atoms with Crippen LogP contribution in [-0.4, -0.2) is 162 Å². The van der Waals surface area contributed by atoms with Crippen molar-refractivity contribution in [3.63, 3.8) is 0 Å². The Bertz CT molecular complexity index is 3690. The molecule has 3 amide bonds. The number of benzene rings is 4. The van der Waals surface area contributed by atoms with Crippen LogP contribution in [0.2, 0.25) is 0 Å². The minimum absolute atomic E-state index is 0.0733. The number of aromatic nitrogens is 6. The van der Waals surface area contributed by atoms with E-state index >= 15 is 0 Å². The minimum Gasteiger partial charge on any atom is -0.494 e. The molecule has 2 saturated heterocycles. The number of hydrogen-bond acceptors (Lipinski definition) is 25. The first kappa shape index (κ1) is 77.2. The number of carbonyl (C=O) groups excluding carboxylic acids is 5. The number of esters is 2. The molecule has 28 nitrogen and oxygen atoms in total. The molecule has 8 heterocycles. The summed E-state index contributed by atoms with van der Waals surface area (Å²) in [5, 5.41) is 22.1. The Balaban J connectivity index is 0.000000241. The van der Waals surface area contributed by atoms with Crippen molar-refractivity contribution in [1.29, 1.82) is 0 Å². The Morgan fingerprint density at radius 1 is 0.524 bits per heavy atom. The molecular weight excluding hydrogens is 1320 g/mol. The predicted molar refractivity (Wildman–Crippen MR) is 389 cm³/mol. The summed E-state index contributed by atoms with van der Waals surface area (Å²) >= 11 is 0. The molecule has 6 aliphatic heterocycles. The zero-order chi connectivity index (χ0) is 72.8. The van der Waals surface area contributed by atoms with Gasteiger partial charge in [0.2, 0.25) is 23.8 Å². The number of anilines is 6. The number of methoxy groups -OCH3 is 2. The smallest absolute Gasteiger partial charge is 0.410 e. The first-order valence-electron chi connectivity index (χ1n) is 36.3. The van der Waals surface area contributed by atoms with E-state index in [4.69, 9.17) is 42.6 Å². The monoisotopic (exact) mass is 1420 g/mol. The number of nitrogens with zero attached hydrogens (tertiary/aromatic N) is 7. The summed E-state index contributed by atoms with van der Waals surface area (Å²) in [6.45, 7) is 15.2. The number of piperidine rings is 2. The van der Waals surface area contributed by atoms with Gasteiger partial charge in [-0.15, -0.1) is 0 Å². The van der Waals surface area contributed by atoms with Crippen molar-refractivity contribution >= 4 is 65.0 Å². The van der Waals surface area contributed by atoms with E-state index < -0.39 is 53.4 Å². The van der Waals surface area contributed by atoms with E-state index in [1.807, 2.05) is 62.4 Å². The highest BCUT2D eigenvalue weighted by Crippen LogP contribution is 2.32. The summed E-state index contributed by atoms with van der Waals surface area (Å²) in [6.07, 6.45) is 14.5. The summed E-state index contributed by atoms with van der Waals surface area (Å²) in [5.41, 5.74) is 3.12. The van der Waals surface area contributed by atoms with Crippen molar-refractivity contribution in [2.75, 3.05) is 101 Å². The van der Waals surface area contributed by atoms with Crippen molar-refractivity contribution in [2.45, 2.75) is 168 Å². The molecule has 556 valence electrons. The van der Waals surface area contributed by atoms with E-state index in [0.29, 0.717) is 119 Å². The number of hydrogen-bond donors (Lipinski definition) is 7. The van der Waals surface area contributed by atoms with Gasteiger partial charge in [0.25, 0.3) is 11.8 Å². The first-order chi connectivity index (χ1) is 50.0. The third-order valence-electron chi connectivity index (χ3n) is 17.5. The predicted octanol–water partition coefficient (Wildman–Crippen LogP) is 11.7. The van der Waals surface area contributed by atoms with Gasteiger partial charge in [-0.2, -0.15) is 29.9 Å². The van der Waals surface area contributed by atoms with Crippen LogP contribution in [-0.2, 0) is 36.9 Å². The average molecular weight is 1420 g/mol. The highest BCUT2D eigenvalue weighted by Gasteiger charge is 2.38. The Morgan fingerprint density at radius 3 is 1.38 bits per heavy atom. The maximum Gasteiger partial charge on any atom is 0.410 e. The fourth-order valence-corrected chi connectivity index (χ4v) is 12.1. The van der Waals surface area contributed by atoms with E-state index in [-0.39, 0.29) is 41.9 Å². The van der Waals surface area contributed by atoms with Crippen molar-refractivity contribution in [3.8, 4) is 35.0 Å². The summed E-state index contributed by atoms with van der Waals surface area (Å²) in [5.74, 6) is 1.09. The molecule has 0 radical (unpaired) electrons. The average Bonchev–Trinajstić information content (AvgIpc) is 0.826. The van der Waals surface area contributed by atoms with E-state index in [2.05, 4.69) is 67.1 Å². The number of carbonyl (C=O) groups is 5. The maximum absolute atomic E-state index is 14.0. The van der Waals surface area contributed by atoms with Crippen LogP contribution in [0.4, 0.5) is 40.0 Å². The van der Waals surface area contributed by atoms with E-state index in [9.17, 15) is 24.0 Å². The lowest BCUT2D eigenvalue weighted by Gasteiger charge is -2.36. The zero-order valence-electron chi connectivity index (χ0n) is 60.5. The van der Waals surface area contributed by atoms with E-state index in [0.717, 1.165) is 119 Å². The minimum atomic E-state index is -1.01. The Hall–Kier alpha value is -9.99. The van der Waals surface area contributed by atoms with Crippen LogP contribution in [0, 0.1) is 11.8 Å². The molecule has 7 N–H and O–H groups in total. The van der Waals surface area contributed by atoms with Crippen LogP contribution in [0.3, 0.4) is 0 Å². The zero-order valence-corrected chi connectivity index (χ0v) is 60.5. The Kier molecular flexibility index (Phi) is 30.0. The maximum atomic E-state index is 14.0. The lowest BCUT2D eigenvalue weighted by Crippen LogP contribution is -2.53. The van der Waals surface area contributed by atoms with Gasteiger partial charge in [-0.05, 0) is 152 Å². The number of likely N-dealkylation sites (tertiary alicyclic amines) is 1. The van der Waals surface area contributed by atoms with Crippen molar-refractivity contribution in [1.82, 2.24) is 50.8 Å². The molecule has 2 aromatic heterocycles. The number of amides is 3. The lowest BCUT2D eigenvalue weighted by molar-refractivity contribution is -0.145. The Morgan fingerprint density at radius 2 is 0.951 bits per heavy atom.